The smallest absolute Gasteiger partial charge is 0.432 e. The summed E-state index contributed by atoms with van der Waals surface area (Å²) in [6.07, 6.45) is -1.16. The van der Waals surface area contributed by atoms with Gasteiger partial charge in [0.25, 0.3) is 0 Å². The number of carbonyl (C=O) groups is 2. The molecule has 2 N–H and O–H groups in total. The second-order valence-corrected chi connectivity index (χ2v) is 2.08. The van der Waals surface area contributed by atoms with Crippen molar-refractivity contribution in [1.82, 2.24) is 5.06 Å². The number of nitrogens with zero attached hydrogens (tertiary/aromatic N) is 1. The fourth-order valence-corrected chi connectivity index (χ4v) is 0.882. The van der Waals surface area contributed by atoms with Gasteiger partial charge in [-0.15, -0.1) is 0 Å². The number of hydrogen-bond donors (Lipinski definition) is 2. The Balaban J connectivity index is 2.65. The molecule has 1 heterocycles. The second-order valence-electron chi connectivity index (χ2n) is 2.08. The number of hydroxylamine groups is 2. The van der Waals surface area contributed by atoms with Gasteiger partial charge in [-0.25, -0.2) is 9.59 Å². The quantitative estimate of drug-likeness (QED) is 0.553. The first-order chi connectivity index (χ1) is 5.13. The fourth-order valence-electron chi connectivity index (χ4n) is 0.882. The molecule has 11 heavy (non-hydrogen) atoms. The fraction of sp³-hybridized carbons (Fsp3) is 0.600. The molecule has 0 aromatic heterocycles. The van der Waals surface area contributed by atoms with Crippen molar-refractivity contribution in [2.24, 2.45) is 0 Å². The van der Waals surface area contributed by atoms with Crippen LogP contribution >= 0.6 is 0 Å². The maximum Gasteiger partial charge on any atom is 0.432 e. The van der Waals surface area contributed by atoms with Gasteiger partial charge in [0.1, 0.15) is 0 Å². The molecule has 1 atom stereocenters. The third-order valence-electron chi connectivity index (χ3n) is 1.38. The van der Waals surface area contributed by atoms with Crippen LogP contribution in [0.5, 0.6) is 0 Å². The SMILES string of the molecule is O=C(O)C1CCON1C(=O)O. The lowest BCUT2D eigenvalue weighted by molar-refractivity contribution is -0.155. The van der Waals surface area contributed by atoms with Gasteiger partial charge in [-0.3, -0.25) is 4.84 Å². The Morgan fingerprint density at radius 2 is 2.09 bits per heavy atom. The number of hydrogen-bond acceptors (Lipinski definition) is 3. The molecule has 0 saturated carbocycles. The van der Waals surface area contributed by atoms with E-state index in [0.29, 0.717) is 5.06 Å². The third-order valence-corrected chi connectivity index (χ3v) is 1.38. The van der Waals surface area contributed by atoms with E-state index >= 15 is 0 Å². The lowest BCUT2D eigenvalue weighted by Gasteiger charge is -2.14. The summed E-state index contributed by atoms with van der Waals surface area (Å²) in [7, 11) is 0. The molecular weight excluding hydrogens is 154 g/mol. The zero-order chi connectivity index (χ0) is 8.43. The number of carboxylic acid groups (broad SMARTS) is 2. The van der Waals surface area contributed by atoms with Crippen molar-refractivity contribution < 1.29 is 24.6 Å². The molecule has 1 rings (SSSR count). The summed E-state index contributed by atoms with van der Waals surface area (Å²) in [5, 5.41) is 17.3. The first kappa shape index (κ1) is 7.80. The van der Waals surface area contributed by atoms with E-state index in [1.54, 1.807) is 0 Å². The molecule has 0 aromatic rings. The molecular formula is C5H7NO5. The van der Waals surface area contributed by atoms with Crippen LogP contribution in [-0.4, -0.2) is 40.0 Å². The van der Waals surface area contributed by atoms with Crippen LogP contribution in [0.15, 0.2) is 0 Å². The minimum atomic E-state index is -1.37. The molecule has 0 radical (unpaired) electrons. The lowest BCUT2D eigenvalue weighted by Crippen LogP contribution is -2.38. The maximum absolute atomic E-state index is 10.3. The summed E-state index contributed by atoms with van der Waals surface area (Å²) in [6.45, 7) is 0.142. The van der Waals surface area contributed by atoms with Gasteiger partial charge in [-0.2, -0.15) is 5.06 Å². The van der Waals surface area contributed by atoms with Crippen LogP contribution in [0.3, 0.4) is 0 Å². The number of aliphatic carboxylic acids is 1. The van der Waals surface area contributed by atoms with Gasteiger partial charge in [0.15, 0.2) is 6.04 Å². The Bertz CT molecular complexity index is 171. The van der Waals surface area contributed by atoms with Crippen LogP contribution in [0.1, 0.15) is 6.42 Å². The normalized spacial score (nSPS) is 23.6. The number of carboxylic acids is 1. The first-order valence-corrected chi connectivity index (χ1v) is 3.01. The number of amides is 1. The van der Waals surface area contributed by atoms with Gasteiger partial charge in [0, 0.05) is 6.42 Å². The maximum atomic E-state index is 10.3. The van der Waals surface area contributed by atoms with Crippen LogP contribution < -0.4 is 0 Å². The molecule has 0 spiro atoms. The van der Waals surface area contributed by atoms with Crippen LogP contribution in [-0.2, 0) is 9.63 Å². The predicted octanol–water partition coefficient (Wildman–Crippen LogP) is -0.245. The van der Waals surface area contributed by atoms with Crippen LogP contribution in [0.25, 0.3) is 0 Å². The van der Waals surface area contributed by atoms with Gasteiger partial charge in [-0.1, -0.05) is 0 Å². The zero-order valence-electron chi connectivity index (χ0n) is 5.56. The van der Waals surface area contributed by atoms with Gasteiger partial charge < -0.3 is 10.2 Å². The summed E-state index contributed by atoms with van der Waals surface area (Å²) in [4.78, 5) is 25.1. The van der Waals surface area contributed by atoms with Crippen LogP contribution in [0, 0.1) is 0 Å². The van der Waals surface area contributed by atoms with Crippen molar-refractivity contribution in [3.8, 4) is 0 Å². The Kier molecular flexibility index (Phi) is 1.95. The third kappa shape index (κ3) is 1.40. The average Bonchev–Trinajstić information content (AvgIpc) is 2.32. The molecule has 6 nitrogen and oxygen atoms in total. The molecule has 1 aliphatic rings. The van der Waals surface area contributed by atoms with E-state index in [-0.39, 0.29) is 13.0 Å². The summed E-state index contributed by atoms with van der Waals surface area (Å²) in [5.41, 5.74) is 0. The van der Waals surface area contributed by atoms with Gasteiger partial charge in [0.05, 0.1) is 6.61 Å². The van der Waals surface area contributed by atoms with E-state index in [2.05, 4.69) is 4.84 Å². The number of rotatable bonds is 1. The van der Waals surface area contributed by atoms with E-state index in [0.717, 1.165) is 0 Å². The monoisotopic (exact) mass is 161 g/mol. The van der Waals surface area contributed by atoms with E-state index < -0.39 is 18.1 Å². The molecule has 62 valence electrons. The first-order valence-electron chi connectivity index (χ1n) is 3.01. The van der Waals surface area contributed by atoms with E-state index in [9.17, 15) is 9.59 Å². The minimum absolute atomic E-state index is 0.142. The topological polar surface area (TPSA) is 87.1 Å². The Labute approximate surface area is 61.9 Å². The van der Waals surface area contributed by atoms with Crippen molar-refractivity contribution in [2.45, 2.75) is 12.5 Å². The summed E-state index contributed by atoms with van der Waals surface area (Å²) >= 11 is 0. The van der Waals surface area contributed by atoms with Crippen molar-refractivity contribution in [3.05, 3.63) is 0 Å². The predicted molar refractivity (Wildman–Crippen MR) is 31.9 cm³/mol. The average molecular weight is 161 g/mol. The molecule has 6 heteroatoms. The summed E-state index contributed by atoms with van der Waals surface area (Å²) in [5.74, 6) is -1.18. The molecule has 0 aromatic carbocycles. The lowest BCUT2D eigenvalue weighted by atomic mass is 10.2. The molecule has 1 saturated heterocycles. The van der Waals surface area contributed by atoms with Crippen molar-refractivity contribution in [2.75, 3.05) is 6.61 Å². The zero-order valence-corrected chi connectivity index (χ0v) is 5.56. The highest BCUT2D eigenvalue weighted by Gasteiger charge is 2.35. The summed E-state index contributed by atoms with van der Waals surface area (Å²) in [6, 6.07) is -1.05. The van der Waals surface area contributed by atoms with Crippen molar-refractivity contribution >= 4 is 12.1 Å². The van der Waals surface area contributed by atoms with Crippen LogP contribution in [0.4, 0.5) is 4.79 Å². The van der Waals surface area contributed by atoms with E-state index in [1.807, 2.05) is 0 Å². The Morgan fingerprint density at radius 3 is 2.45 bits per heavy atom. The van der Waals surface area contributed by atoms with E-state index in [1.165, 1.54) is 0 Å². The van der Waals surface area contributed by atoms with Crippen molar-refractivity contribution in [3.63, 3.8) is 0 Å². The van der Waals surface area contributed by atoms with Crippen molar-refractivity contribution in [1.29, 1.82) is 0 Å². The molecule has 1 aliphatic heterocycles. The Hall–Kier alpha value is -1.30. The van der Waals surface area contributed by atoms with Gasteiger partial charge in [-0.05, 0) is 0 Å². The standard InChI is InChI=1S/C5H7NO5/c7-4(8)3-1-2-11-6(3)5(9)10/h3H,1-2H2,(H,7,8)(H,9,10). The molecule has 1 amide bonds. The highest BCUT2D eigenvalue weighted by molar-refractivity contribution is 5.78. The molecule has 1 unspecified atom stereocenters. The molecule has 0 bridgehead atoms. The highest BCUT2D eigenvalue weighted by Crippen LogP contribution is 2.14. The van der Waals surface area contributed by atoms with E-state index in [4.69, 9.17) is 10.2 Å². The minimum Gasteiger partial charge on any atom is -0.480 e. The van der Waals surface area contributed by atoms with Gasteiger partial charge in [0.2, 0.25) is 0 Å². The molecule has 0 aliphatic carbocycles. The second kappa shape index (κ2) is 2.75. The Morgan fingerprint density at radius 1 is 1.45 bits per heavy atom. The van der Waals surface area contributed by atoms with Crippen LogP contribution in [0.2, 0.25) is 0 Å². The van der Waals surface area contributed by atoms with Gasteiger partial charge >= 0.3 is 12.1 Å². The molecule has 1 fully saturated rings. The summed E-state index contributed by atoms with van der Waals surface area (Å²) < 4.78 is 0. The highest BCUT2D eigenvalue weighted by atomic mass is 16.7. The largest absolute Gasteiger partial charge is 0.480 e.